The molecule has 1 amide bonds. The summed E-state index contributed by atoms with van der Waals surface area (Å²) in [6.07, 6.45) is 4.18. The first kappa shape index (κ1) is 18.8. The van der Waals surface area contributed by atoms with E-state index < -0.39 is 0 Å². The van der Waals surface area contributed by atoms with Gasteiger partial charge in [-0.15, -0.1) is 0 Å². The van der Waals surface area contributed by atoms with Gasteiger partial charge in [0, 0.05) is 0 Å². The van der Waals surface area contributed by atoms with Crippen molar-refractivity contribution in [3.63, 3.8) is 0 Å². The van der Waals surface area contributed by atoms with Crippen molar-refractivity contribution in [1.29, 1.82) is 0 Å². The van der Waals surface area contributed by atoms with E-state index in [-0.39, 0.29) is 11.9 Å². The van der Waals surface area contributed by atoms with Crippen molar-refractivity contribution in [2.45, 2.75) is 38.6 Å². The first-order valence-corrected chi connectivity index (χ1v) is 11.7. The van der Waals surface area contributed by atoms with Gasteiger partial charge in [0.05, 0.1) is 0 Å². The molecule has 1 fully saturated rings. The number of carbonyl (C=O) groups is 1. The molecule has 4 aromatic rings. The average Bonchev–Trinajstić information content (AvgIpc) is 3.47. The number of nitrogens with zero attached hydrogens (tertiary/aromatic N) is 3. The number of pyridine rings is 1. The van der Waals surface area contributed by atoms with Gasteiger partial charge in [-0.1, -0.05) is 0 Å². The third-order valence-electron chi connectivity index (χ3n) is 5.23. The van der Waals surface area contributed by atoms with Crippen LogP contribution in [-0.2, 0) is 6.42 Å². The molecule has 0 spiro atoms. The van der Waals surface area contributed by atoms with E-state index >= 15 is 0 Å². The van der Waals surface area contributed by atoms with Crippen molar-refractivity contribution in [2.75, 3.05) is 4.90 Å². The molecular formula is C23H20AsN3OS. The number of aryl methyl sites for hydroxylation is 1. The fraction of sp³-hybridized carbons (Fsp3) is 0.261. The van der Waals surface area contributed by atoms with Crippen LogP contribution in [0.15, 0.2) is 48.5 Å². The predicted octanol–water partition coefficient (Wildman–Crippen LogP) is 4.40. The van der Waals surface area contributed by atoms with Gasteiger partial charge in [-0.3, -0.25) is 0 Å². The number of amides is 1. The van der Waals surface area contributed by atoms with Crippen molar-refractivity contribution in [1.82, 2.24) is 9.97 Å². The number of hydrogen-bond acceptors (Lipinski definition) is 4. The third kappa shape index (κ3) is 3.47. The third-order valence-corrected chi connectivity index (χ3v) is 7.03. The van der Waals surface area contributed by atoms with Crippen LogP contribution in [0.25, 0.3) is 21.1 Å². The molecule has 144 valence electrons. The number of hydrogen-bond donors (Lipinski definition) is 0. The van der Waals surface area contributed by atoms with Gasteiger partial charge in [0.1, 0.15) is 0 Å². The van der Waals surface area contributed by atoms with E-state index in [2.05, 4.69) is 42.0 Å². The van der Waals surface area contributed by atoms with Gasteiger partial charge in [0.15, 0.2) is 0 Å². The van der Waals surface area contributed by atoms with E-state index in [4.69, 9.17) is 9.97 Å². The molecule has 0 N–H and O–H groups in total. The van der Waals surface area contributed by atoms with Crippen LogP contribution in [0.5, 0.6) is 0 Å². The van der Waals surface area contributed by atoms with Crippen molar-refractivity contribution in [2.24, 2.45) is 0 Å². The summed E-state index contributed by atoms with van der Waals surface area (Å²) >= 11 is 4.31. The Kier molecular flexibility index (Phi) is 4.89. The Morgan fingerprint density at radius 2 is 1.97 bits per heavy atom. The molecule has 1 aliphatic rings. The van der Waals surface area contributed by atoms with Crippen molar-refractivity contribution in [3.8, 4) is 0 Å². The Morgan fingerprint density at radius 3 is 2.69 bits per heavy atom. The second kappa shape index (κ2) is 7.55. The van der Waals surface area contributed by atoms with Crippen LogP contribution in [0, 0.1) is 0 Å². The maximum absolute atomic E-state index is 13.2. The summed E-state index contributed by atoms with van der Waals surface area (Å²) in [6, 6.07) is 16.0. The van der Waals surface area contributed by atoms with Gasteiger partial charge in [-0.05, 0) is 0 Å². The van der Waals surface area contributed by atoms with Crippen molar-refractivity contribution < 1.29 is 4.79 Å². The van der Waals surface area contributed by atoms with Crippen LogP contribution in [0.2, 0.25) is 0 Å². The Bertz CT molecular complexity index is 1220. The number of rotatable bonds is 5. The van der Waals surface area contributed by atoms with Gasteiger partial charge in [0.2, 0.25) is 0 Å². The molecule has 0 atom stereocenters. The quantitative estimate of drug-likeness (QED) is 0.414. The molecular weight excluding hydrogens is 441 g/mol. The summed E-state index contributed by atoms with van der Waals surface area (Å²) in [7, 11) is 0. The van der Waals surface area contributed by atoms with E-state index in [1.54, 1.807) is 11.3 Å². The fourth-order valence-electron chi connectivity index (χ4n) is 3.69. The van der Waals surface area contributed by atoms with Gasteiger partial charge in [-0.25, -0.2) is 0 Å². The normalized spacial score (nSPS) is 13.9. The molecule has 0 bridgehead atoms. The second-order valence-electron chi connectivity index (χ2n) is 7.44. The van der Waals surface area contributed by atoms with Crippen LogP contribution < -0.4 is 9.38 Å². The van der Waals surface area contributed by atoms with E-state index in [1.165, 1.54) is 4.70 Å². The number of thiazole rings is 1. The molecule has 0 saturated heterocycles. The van der Waals surface area contributed by atoms with Crippen LogP contribution in [0.3, 0.4) is 0 Å². The van der Waals surface area contributed by atoms with Crippen LogP contribution in [0.4, 0.5) is 5.69 Å². The van der Waals surface area contributed by atoms with E-state index in [1.807, 2.05) is 35.2 Å². The zero-order valence-electron chi connectivity index (χ0n) is 16.1. The summed E-state index contributed by atoms with van der Waals surface area (Å²) in [5, 5.41) is 2.27. The Hall–Kier alpha value is -2.23. The summed E-state index contributed by atoms with van der Waals surface area (Å²) in [5.41, 5.74) is 3.55. The Morgan fingerprint density at radius 1 is 1.17 bits per heavy atom. The standard InChI is InChI=1S/C23H20AsN3OS/c1-2-6-19-26-20-21(29-19)17-12-11-16(13-18(17)25-22(20)24)27(15-9-10-15)23(28)14-7-4-3-5-8-14/h3-5,7-8,11-13,15H,2,6,9-10H2,1H3. The molecule has 2 radical (unpaired) electrons. The topological polar surface area (TPSA) is 46.1 Å². The fourth-order valence-corrected chi connectivity index (χ4v) is 5.62. The van der Waals surface area contributed by atoms with E-state index in [0.29, 0.717) is 0 Å². The van der Waals surface area contributed by atoms with Gasteiger partial charge < -0.3 is 0 Å². The molecule has 1 saturated carbocycles. The monoisotopic (exact) mass is 461 g/mol. The number of carbonyl (C=O) groups excluding carboxylic acids is 1. The molecule has 2 heterocycles. The Labute approximate surface area is 182 Å². The molecule has 0 aliphatic heterocycles. The number of benzene rings is 2. The maximum atomic E-state index is 13.2. The van der Waals surface area contributed by atoms with Crippen molar-refractivity contribution >= 4 is 65.4 Å². The van der Waals surface area contributed by atoms with Crippen LogP contribution >= 0.6 is 11.3 Å². The minimum absolute atomic E-state index is 0.0593. The van der Waals surface area contributed by atoms with E-state index in [9.17, 15) is 4.79 Å². The molecule has 2 aromatic heterocycles. The summed E-state index contributed by atoms with van der Waals surface area (Å²) < 4.78 is 2.08. The van der Waals surface area contributed by atoms with Gasteiger partial charge in [-0.2, -0.15) is 0 Å². The molecule has 0 unspecified atom stereocenters. The summed E-state index contributed by atoms with van der Waals surface area (Å²) in [6.45, 7) is 2.17. The molecule has 4 nitrogen and oxygen atoms in total. The zero-order valence-corrected chi connectivity index (χ0v) is 18.8. The molecule has 6 heteroatoms. The van der Waals surface area contributed by atoms with Crippen LogP contribution in [0.1, 0.15) is 41.6 Å². The first-order chi connectivity index (χ1) is 14.2. The zero-order chi connectivity index (χ0) is 20.0. The van der Waals surface area contributed by atoms with Gasteiger partial charge in [0.25, 0.3) is 0 Å². The van der Waals surface area contributed by atoms with E-state index in [0.717, 1.165) is 62.8 Å². The summed E-state index contributed by atoms with van der Waals surface area (Å²) in [5.74, 6) is 0.0593. The molecule has 2 aromatic carbocycles. The predicted molar refractivity (Wildman–Crippen MR) is 121 cm³/mol. The SMILES string of the molecule is CCCc1nc2c([As])nc3cc(N(C(=O)c4ccccc4)C4CC4)ccc3c2s1. The summed E-state index contributed by atoms with van der Waals surface area (Å²) in [4.78, 5) is 24.8. The Balaban J connectivity index is 1.61. The molecule has 29 heavy (non-hydrogen) atoms. The first-order valence-electron chi connectivity index (χ1n) is 9.96. The van der Waals surface area contributed by atoms with Crippen molar-refractivity contribution in [3.05, 3.63) is 59.1 Å². The number of aromatic nitrogens is 2. The van der Waals surface area contributed by atoms with Gasteiger partial charge >= 0.3 is 183 Å². The molecule has 5 rings (SSSR count). The second-order valence-corrected chi connectivity index (χ2v) is 9.42. The average molecular weight is 461 g/mol. The number of fused-ring (bicyclic) bond motifs is 3. The number of anilines is 1. The van der Waals surface area contributed by atoms with Crippen LogP contribution in [-0.4, -0.2) is 38.8 Å². The molecule has 1 aliphatic carbocycles. The minimum atomic E-state index is 0.0593.